The van der Waals surface area contributed by atoms with Crippen molar-refractivity contribution in [2.45, 2.75) is 45.6 Å². The number of nitrogens with one attached hydrogen (secondary N) is 2. The minimum absolute atomic E-state index is 0.143. The van der Waals surface area contributed by atoms with Crippen LogP contribution >= 0.6 is 0 Å². The van der Waals surface area contributed by atoms with Crippen molar-refractivity contribution in [2.24, 2.45) is 0 Å². The molecule has 1 unspecified atom stereocenters. The highest BCUT2D eigenvalue weighted by molar-refractivity contribution is 5.36. The van der Waals surface area contributed by atoms with Gasteiger partial charge < -0.3 is 20.1 Å². The minimum atomic E-state index is -0.143. The Balaban J connectivity index is 2.03. The number of hydrogen-bond donors (Lipinski definition) is 2. The summed E-state index contributed by atoms with van der Waals surface area (Å²) < 4.78 is 11.1. The van der Waals surface area contributed by atoms with E-state index in [-0.39, 0.29) is 5.60 Å². The first kappa shape index (κ1) is 15.8. The maximum absolute atomic E-state index is 5.75. The van der Waals surface area contributed by atoms with Gasteiger partial charge in [-0.3, -0.25) is 0 Å². The Hall–Kier alpha value is -1.63. The molecule has 2 N–H and O–H groups in total. The van der Waals surface area contributed by atoms with Crippen LogP contribution in [0.15, 0.2) is 0 Å². The molecule has 0 saturated carbocycles. The smallest absolute Gasteiger partial charge is 0.323 e. The average molecular weight is 295 g/mol. The van der Waals surface area contributed by atoms with E-state index < -0.39 is 0 Å². The molecule has 0 radical (unpaired) electrons. The molecule has 1 aliphatic rings. The van der Waals surface area contributed by atoms with Gasteiger partial charge in [0.2, 0.25) is 11.9 Å². The van der Waals surface area contributed by atoms with Crippen molar-refractivity contribution in [1.29, 1.82) is 0 Å². The van der Waals surface area contributed by atoms with Gasteiger partial charge in [-0.15, -0.1) is 0 Å². The summed E-state index contributed by atoms with van der Waals surface area (Å²) in [5.74, 6) is 1.05. The summed E-state index contributed by atoms with van der Waals surface area (Å²) in [6.45, 7) is 8.94. The summed E-state index contributed by atoms with van der Waals surface area (Å²) in [5, 5.41) is 6.39. The molecule has 1 aromatic heterocycles. The SMILES string of the molecule is CCCNc1nc(NCC2(C)CCCO2)nc(OCC)n1. The minimum Gasteiger partial charge on any atom is -0.464 e. The third-order valence-electron chi connectivity index (χ3n) is 3.34. The quantitative estimate of drug-likeness (QED) is 0.759. The fourth-order valence-electron chi connectivity index (χ4n) is 2.19. The van der Waals surface area contributed by atoms with Crippen molar-refractivity contribution in [3.8, 4) is 6.01 Å². The Morgan fingerprint density at radius 1 is 1.19 bits per heavy atom. The van der Waals surface area contributed by atoms with E-state index >= 15 is 0 Å². The monoisotopic (exact) mass is 295 g/mol. The van der Waals surface area contributed by atoms with Gasteiger partial charge in [0, 0.05) is 19.7 Å². The van der Waals surface area contributed by atoms with Gasteiger partial charge in [-0.25, -0.2) is 0 Å². The Bertz CT molecular complexity index is 449. The van der Waals surface area contributed by atoms with Crippen LogP contribution in [0.4, 0.5) is 11.9 Å². The van der Waals surface area contributed by atoms with Gasteiger partial charge in [-0.05, 0) is 33.1 Å². The molecule has 0 aromatic carbocycles. The van der Waals surface area contributed by atoms with E-state index in [2.05, 4.69) is 39.4 Å². The maximum Gasteiger partial charge on any atom is 0.323 e. The van der Waals surface area contributed by atoms with Gasteiger partial charge in [0.25, 0.3) is 0 Å². The van der Waals surface area contributed by atoms with Crippen LogP contribution < -0.4 is 15.4 Å². The normalized spacial score (nSPS) is 21.3. The molecule has 2 heterocycles. The summed E-state index contributed by atoms with van der Waals surface area (Å²) in [4.78, 5) is 12.9. The molecule has 1 fully saturated rings. The molecule has 7 nitrogen and oxygen atoms in total. The van der Waals surface area contributed by atoms with E-state index in [0.29, 0.717) is 31.1 Å². The van der Waals surface area contributed by atoms with Crippen LogP contribution in [0, 0.1) is 0 Å². The van der Waals surface area contributed by atoms with Gasteiger partial charge >= 0.3 is 6.01 Å². The van der Waals surface area contributed by atoms with Crippen molar-refractivity contribution in [2.75, 3.05) is 36.9 Å². The molecule has 1 atom stereocenters. The van der Waals surface area contributed by atoms with E-state index in [1.807, 2.05) is 6.92 Å². The first-order valence-electron chi connectivity index (χ1n) is 7.66. The summed E-state index contributed by atoms with van der Waals surface area (Å²) >= 11 is 0. The number of aromatic nitrogens is 3. The van der Waals surface area contributed by atoms with Crippen LogP contribution in [-0.2, 0) is 4.74 Å². The fourth-order valence-corrected chi connectivity index (χ4v) is 2.19. The fraction of sp³-hybridized carbons (Fsp3) is 0.786. The third kappa shape index (κ3) is 4.70. The third-order valence-corrected chi connectivity index (χ3v) is 3.34. The highest BCUT2D eigenvalue weighted by Crippen LogP contribution is 2.25. The lowest BCUT2D eigenvalue weighted by atomic mass is 10.0. The molecule has 1 saturated heterocycles. The first-order valence-corrected chi connectivity index (χ1v) is 7.66. The van der Waals surface area contributed by atoms with Crippen molar-refractivity contribution in [3.05, 3.63) is 0 Å². The Morgan fingerprint density at radius 2 is 1.95 bits per heavy atom. The molecule has 0 aliphatic carbocycles. The first-order chi connectivity index (χ1) is 10.1. The van der Waals surface area contributed by atoms with E-state index in [1.54, 1.807) is 0 Å². The van der Waals surface area contributed by atoms with Gasteiger partial charge in [0.05, 0.1) is 12.2 Å². The van der Waals surface area contributed by atoms with E-state index in [9.17, 15) is 0 Å². The number of hydrogen-bond acceptors (Lipinski definition) is 7. The van der Waals surface area contributed by atoms with Gasteiger partial charge in [0.1, 0.15) is 0 Å². The average Bonchev–Trinajstić information content (AvgIpc) is 2.91. The van der Waals surface area contributed by atoms with E-state index in [1.165, 1.54) is 0 Å². The summed E-state index contributed by atoms with van der Waals surface area (Å²) in [7, 11) is 0. The largest absolute Gasteiger partial charge is 0.464 e. The van der Waals surface area contributed by atoms with Gasteiger partial charge in [-0.1, -0.05) is 6.92 Å². The molecule has 1 aromatic rings. The lowest BCUT2D eigenvalue weighted by Gasteiger charge is -2.23. The van der Waals surface area contributed by atoms with Crippen molar-refractivity contribution >= 4 is 11.9 Å². The molecule has 0 bridgehead atoms. The Kier molecular flexibility index (Phi) is 5.55. The molecule has 1 aliphatic heterocycles. The molecule has 0 spiro atoms. The molecule has 0 amide bonds. The Morgan fingerprint density at radius 3 is 2.57 bits per heavy atom. The predicted octanol–water partition coefficient (Wildman–Crippen LogP) is 2.07. The highest BCUT2D eigenvalue weighted by atomic mass is 16.5. The van der Waals surface area contributed by atoms with Gasteiger partial charge in [-0.2, -0.15) is 15.0 Å². The van der Waals surface area contributed by atoms with Crippen LogP contribution in [0.1, 0.15) is 40.0 Å². The van der Waals surface area contributed by atoms with Crippen LogP contribution in [0.2, 0.25) is 0 Å². The number of ether oxygens (including phenoxy) is 2. The molecular weight excluding hydrogens is 270 g/mol. The standard InChI is InChI=1S/C14H25N5O2/c1-4-8-15-11-17-12(19-13(18-11)20-5-2)16-10-14(3)7-6-9-21-14/h4-10H2,1-3H3,(H2,15,16,17,18,19). The van der Waals surface area contributed by atoms with Crippen LogP contribution in [0.5, 0.6) is 6.01 Å². The number of nitrogens with zero attached hydrogens (tertiary/aromatic N) is 3. The number of anilines is 2. The molecule has 7 heteroatoms. The second kappa shape index (κ2) is 7.40. The molecule has 21 heavy (non-hydrogen) atoms. The van der Waals surface area contributed by atoms with Crippen LogP contribution in [0.3, 0.4) is 0 Å². The zero-order valence-electron chi connectivity index (χ0n) is 13.1. The summed E-state index contributed by atoms with van der Waals surface area (Å²) in [6, 6.07) is 0.339. The number of rotatable bonds is 8. The molecule has 118 valence electrons. The molecule has 2 rings (SSSR count). The lowest BCUT2D eigenvalue weighted by molar-refractivity contribution is 0.0314. The maximum atomic E-state index is 5.75. The van der Waals surface area contributed by atoms with Crippen molar-refractivity contribution in [3.63, 3.8) is 0 Å². The van der Waals surface area contributed by atoms with Crippen LogP contribution in [0.25, 0.3) is 0 Å². The lowest BCUT2D eigenvalue weighted by Crippen LogP contribution is -2.33. The topological polar surface area (TPSA) is 81.2 Å². The summed E-state index contributed by atoms with van der Waals surface area (Å²) in [6.07, 6.45) is 3.15. The Labute approximate surface area is 125 Å². The molecular formula is C14H25N5O2. The summed E-state index contributed by atoms with van der Waals surface area (Å²) in [5.41, 5.74) is -0.143. The predicted molar refractivity (Wildman–Crippen MR) is 81.9 cm³/mol. The zero-order chi connectivity index (χ0) is 15.1. The second-order valence-corrected chi connectivity index (χ2v) is 5.38. The second-order valence-electron chi connectivity index (χ2n) is 5.38. The van der Waals surface area contributed by atoms with E-state index in [4.69, 9.17) is 9.47 Å². The van der Waals surface area contributed by atoms with Crippen molar-refractivity contribution in [1.82, 2.24) is 15.0 Å². The van der Waals surface area contributed by atoms with Crippen LogP contribution in [-0.4, -0.2) is 46.9 Å². The van der Waals surface area contributed by atoms with Crippen molar-refractivity contribution < 1.29 is 9.47 Å². The highest BCUT2D eigenvalue weighted by Gasteiger charge is 2.29. The van der Waals surface area contributed by atoms with E-state index in [0.717, 1.165) is 32.4 Å². The zero-order valence-corrected chi connectivity index (χ0v) is 13.1. The van der Waals surface area contributed by atoms with Gasteiger partial charge in [0.15, 0.2) is 0 Å².